The van der Waals surface area contributed by atoms with E-state index in [0.717, 1.165) is 27.2 Å². The second kappa shape index (κ2) is 6.77. The summed E-state index contributed by atoms with van der Waals surface area (Å²) in [6.07, 6.45) is -6.70. The molecule has 0 bridgehead atoms. The highest BCUT2D eigenvalue weighted by molar-refractivity contribution is 6.32. The standard InChI is InChI=1S/C16H17ClF4O5/c1-6-9(13(14(22)23)26-15(6,2)16(19,20)21)7-5-8(17)12(25-4)10(18)11(7)24-3/h5-6,9,13H,1-4H3,(H,22,23)/t6-,9-,13+,15+/m0/s1. The molecule has 0 saturated carbocycles. The molecule has 1 saturated heterocycles. The first kappa shape index (κ1) is 20.6. The molecule has 10 heteroatoms. The zero-order valence-electron chi connectivity index (χ0n) is 14.3. The molecule has 1 aliphatic heterocycles. The fourth-order valence-corrected chi connectivity index (χ4v) is 3.53. The molecule has 1 aliphatic rings. The van der Waals surface area contributed by atoms with E-state index in [-0.39, 0.29) is 16.3 Å². The van der Waals surface area contributed by atoms with Gasteiger partial charge in [0.05, 0.1) is 19.2 Å². The van der Waals surface area contributed by atoms with E-state index in [2.05, 4.69) is 0 Å². The lowest BCUT2D eigenvalue weighted by atomic mass is 9.77. The molecule has 0 unspecified atom stereocenters. The molecule has 0 amide bonds. The van der Waals surface area contributed by atoms with E-state index in [0.29, 0.717) is 0 Å². The first-order valence-electron chi connectivity index (χ1n) is 7.47. The zero-order chi connectivity index (χ0) is 20.0. The largest absolute Gasteiger partial charge is 0.493 e. The average Bonchev–Trinajstić information content (AvgIpc) is 2.80. The fraction of sp³-hybridized carbons (Fsp3) is 0.562. The number of carboxylic acids is 1. The van der Waals surface area contributed by atoms with Crippen molar-refractivity contribution in [1.29, 1.82) is 0 Å². The molecule has 2 rings (SSSR count). The molecule has 0 spiro atoms. The summed E-state index contributed by atoms with van der Waals surface area (Å²) < 4.78 is 69.8. The summed E-state index contributed by atoms with van der Waals surface area (Å²) in [5.74, 6) is -6.15. The van der Waals surface area contributed by atoms with E-state index in [4.69, 9.17) is 25.8 Å². The van der Waals surface area contributed by atoms with E-state index in [1.807, 2.05) is 0 Å². The minimum Gasteiger partial charge on any atom is -0.493 e. The summed E-state index contributed by atoms with van der Waals surface area (Å²) in [6, 6.07) is 1.14. The van der Waals surface area contributed by atoms with E-state index in [9.17, 15) is 27.5 Å². The number of alkyl halides is 3. The van der Waals surface area contributed by atoms with Gasteiger partial charge in [-0.05, 0) is 13.0 Å². The minimum absolute atomic E-state index is 0.135. The number of methoxy groups -OCH3 is 2. The minimum atomic E-state index is -4.84. The predicted octanol–water partition coefficient (Wildman–Crippen LogP) is 4.02. The first-order valence-corrected chi connectivity index (χ1v) is 7.85. The van der Waals surface area contributed by atoms with Gasteiger partial charge in [0.15, 0.2) is 23.2 Å². The van der Waals surface area contributed by atoms with Crippen molar-refractivity contribution in [2.24, 2.45) is 5.92 Å². The lowest BCUT2D eigenvalue weighted by Gasteiger charge is -2.32. The molecule has 0 radical (unpaired) electrons. The Morgan fingerprint density at radius 3 is 2.27 bits per heavy atom. The van der Waals surface area contributed by atoms with Crippen LogP contribution in [0.2, 0.25) is 5.02 Å². The number of hydrogen-bond acceptors (Lipinski definition) is 4. The van der Waals surface area contributed by atoms with Gasteiger partial charge in [-0.25, -0.2) is 4.79 Å². The molecular weight excluding hydrogens is 384 g/mol. The van der Waals surface area contributed by atoms with Crippen LogP contribution in [-0.4, -0.2) is 43.2 Å². The third-order valence-electron chi connectivity index (χ3n) is 4.84. The monoisotopic (exact) mass is 400 g/mol. The van der Waals surface area contributed by atoms with Gasteiger partial charge in [0.1, 0.15) is 0 Å². The van der Waals surface area contributed by atoms with Crippen molar-refractivity contribution in [3.05, 3.63) is 22.5 Å². The van der Waals surface area contributed by atoms with Crippen molar-refractivity contribution in [3.8, 4) is 11.5 Å². The maximum absolute atomic E-state index is 14.6. The summed E-state index contributed by atoms with van der Waals surface area (Å²) >= 11 is 5.95. The van der Waals surface area contributed by atoms with Gasteiger partial charge in [-0.3, -0.25) is 0 Å². The molecule has 1 heterocycles. The highest BCUT2D eigenvalue weighted by Gasteiger charge is 2.66. The van der Waals surface area contributed by atoms with Crippen LogP contribution in [0.3, 0.4) is 0 Å². The summed E-state index contributed by atoms with van der Waals surface area (Å²) in [4.78, 5) is 11.6. The lowest BCUT2D eigenvalue weighted by Crippen LogP contribution is -2.47. The Morgan fingerprint density at radius 1 is 1.31 bits per heavy atom. The number of benzene rings is 1. The van der Waals surface area contributed by atoms with Gasteiger partial charge in [-0.1, -0.05) is 18.5 Å². The van der Waals surface area contributed by atoms with Crippen LogP contribution in [0.1, 0.15) is 25.3 Å². The van der Waals surface area contributed by atoms with Crippen LogP contribution in [0.5, 0.6) is 11.5 Å². The number of rotatable bonds is 4. The highest BCUT2D eigenvalue weighted by atomic mass is 35.5. The molecule has 0 aliphatic carbocycles. The van der Waals surface area contributed by atoms with Crippen LogP contribution in [0.4, 0.5) is 17.6 Å². The quantitative estimate of drug-likeness (QED) is 0.773. The highest BCUT2D eigenvalue weighted by Crippen LogP contribution is 2.55. The van der Waals surface area contributed by atoms with E-state index in [1.165, 1.54) is 6.92 Å². The number of hydrogen-bond donors (Lipinski definition) is 1. The summed E-state index contributed by atoms with van der Waals surface area (Å²) in [5, 5.41) is 9.15. The third kappa shape index (κ3) is 2.96. The Morgan fingerprint density at radius 2 is 1.85 bits per heavy atom. The molecule has 26 heavy (non-hydrogen) atoms. The Bertz CT molecular complexity index is 724. The second-order valence-corrected chi connectivity index (χ2v) is 6.53. The van der Waals surface area contributed by atoms with Crippen molar-refractivity contribution < 1.29 is 41.7 Å². The topological polar surface area (TPSA) is 65.0 Å². The lowest BCUT2D eigenvalue weighted by molar-refractivity contribution is -0.273. The van der Waals surface area contributed by atoms with Crippen molar-refractivity contribution in [1.82, 2.24) is 0 Å². The van der Waals surface area contributed by atoms with Gasteiger partial charge in [-0.2, -0.15) is 17.6 Å². The average molecular weight is 401 g/mol. The Kier molecular flexibility index (Phi) is 5.36. The van der Waals surface area contributed by atoms with Crippen LogP contribution in [0.25, 0.3) is 0 Å². The Labute approximate surface area is 151 Å². The molecule has 0 aromatic heterocycles. The molecule has 1 N–H and O–H groups in total. The summed E-state index contributed by atoms with van der Waals surface area (Å²) in [6.45, 7) is 1.96. The third-order valence-corrected chi connectivity index (χ3v) is 5.12. The summed E-state index contributed by atoms with van der Waals surface area (Å²) in [5.41, 5.74) is -2.88. The normalized spacial score (nSPS) is 28.9. The van der Waals surface area contributed by atoms with Crippen LogP contribution in [0, 0.1) is 11.7 Å². The fourth-order valence-electron chi connectivity index (χ4n) is 3.26. The van der Waals surface area contributed by atoms with Crippen molar-refractivity contribution >= 4 is 17.6 Å². The number of carboxylic acid groups (broad SMARTS) is 1. The summed E-state index contributed by atoms with van der Waals surface area (Å²) in [7, 11) is 2.26. The van der Waals surface area contributed by atoms with Gasteiger partial charge in [0.2, 0.25) is 5.82 Å². The predicted molar refractivity (Wildman–Crippen MR) is 83.4 cm³/mol. The Hall–Kier alpha value is -1.74. The number of aliphatic carboxylic acids is 1. The maximum Gasteiger partial charge on any atom is 0.417 e. The van der Waals surface area contributed by atoms with Crippen LogP contribution in [0.15, 0.2) is 6.07 Å². The maximum atomic E-state index is 14.6. The molecule has 1 fully saturated rings. The van der Waals surface area contributed by atoms with Gasteiger partial charge in [-0.15, -0.1) is 0 Å². The van der Waals surface area contributed by atoms with Gasteiger partial charge >= 0.3 is 12.1 Å². The van der Waals surface area contributed by atoms with Crippen LogP contribution < -0.4 is 9.47 Å². The van der Waals surface area contributed by atoms with Gasteiger partial charge in [0.25, 0.3) is 0 Å². The molecule has 4 atom stereocenters. The molecule has 1 aromatic carbocycles. The van der Waals surface area contributed by atoms with E-state index < -0.39 is 47.3 Å². The first-order chi connectivity index (χ1) is 11.9. The molecule has 5 nitrogen and oxygen atoms in total. The van der Waals surface area contributed by atoms with Crippen LogP contribution in [-0.2, 0) is 9.53 Å². The number of halogens is 5. The van der Waals surface area contributed by atoms with Gasteiger partial charge in [0, 0.05) is 17.4 Å². The van der Waals surface area contributed by atoms with E-state index >= 15 is 0 Å². The molecular formula is C16H17ClF4O5. The number of ether oxygens (including phenoxy) is 3. The molecule has 1 aromatic rings. The number of carbonyl (C=O) groups is 1. The van der Waals surface area contributed by atoms with Crippen molar-refractivity contribution in [2.45, 2.75) is 37.6 Å². The van der Waals surface area contributed by atoms with Crippen molar-refractivity contribution in [2.75, 3.05) is 14.2 Å². The van der Waals surface area contributed by atoms with Gasteiger partial charge < -0.3 is 19.3 Å². The van der Waals surface area contributed by atoms with Crippen molar-refractivity contribution in [3.63, 3.8) is 0 Å². The van der Waals surface area contributed by atoms with Crippen LogP contribution >= 0.6 is 11.6 Å². The van der Waals surface area contributed by atoms with E-state index in [1.54, 1.807) is 0 Å². The smallest absolute Gasteiger partial charge is 0.417 e. The molecule has 146 valence electrons. The Balaban J connectivity index is 2.71. The SMILES string of the molecule is COc1c(Cl)cc([C@H]2[C@H](C(=O)O)O[C@@](C)(C(F)(F)F)[C@H]2C)c(OC)c1F. The second-order valence-electron chi connectivity index (χ2n) is 6.12. The zero-order valence-corrected chi connectivity index (χ0v) is 15.0.